The Morgan fingerprint density at radius 1 is 1.00 bits per heavy atom. The van der Waals surface area contributed by atoms with Crippen LogP contribution in [0.4, 0.5) is 0 Å². The van der Waals surface area contributed by atoms with Crippen LogP contribution < -0.4 is 0 Å². The average molecular weight is 413 g/mol. The second-order valence-corrected chi connectivity index (χ2v) is 16.0. The molecular weight excluding hydrogens is 376 g/mol. The fourth-order valence-electron chi connectivity index (χ4n) is 4.61. The van der Waals surface area contributed by atoms with Crippen molar-refractivity contribution >= 4 is 18.2 Å². The maximum absolute atomic E-state index is 12.9. The molecule has 0 unspecified atom stereocenters. The van der Waals surface area contributed by atoms with Gasteiger partial charge < -0.3 is 9.16 Å². The highest BCUT2D eigenvalue weighted by Gasteiger charge is 2.57. The summed E-state index contributed by atoms with van der Waals surface area (Å²) in [6.45, 7) is 15.6. The monoisotopic (exact) mass is 412 g/mol. The first-order valence-corrected chi connectivity index (χ1v) is 13.9. The third kappa shape index (κ3) is 4.49. The second-order valence-electron chi connectivity index (χ2n) is 8.59. The number of rotatable bonds is 10. The van der Waals surface area contributed by atoms with Gasteiger partial charge in [0, 0.05) is 0 Å². The predicted octanol–water partition coefficient (Wildman–Crippen LogP) is 5.55. The topological polar surface area (TPSA) is 55.9 Å². The van der Waals surface area contributed by atoms with Crippen molar-refractivity contribution in [2.75, 3.05) is 0 Å². The van der Waals surface area contributed by atoms with Gasteiger partial charge in [-0.1, -0.05) is 73.1 Å². The molecule has 154 valence electrons. The van der Waals surface area contributed by atoms with E-state index in [9.17, 15) is 8.42 Å². The summed E-state index contributed by atoms with van der Waals surface area (Å²) < 4.78 is 38.5. The molecule has 0 aromatic heterocycles. The van der Waals surface area contributed by atoms with Crippen molar-refractivity contribution in [3.63, 3.8) is 0 Å². The van der Waals surface area contributed by atoms with Crippen LogP contribution in [0.2, 0.25) is 16.6 Å². The van der Waals surface area contributed by atoms with E-state index in [2.05, 4.69) is 48.5 Å². The largest absolute Gasteiger partial charge is 0.410 e. The molecule has 2 rings (SSSR count). The van der Waals surface area contributed by atoms with Gasteiger partial charge in [0.1, 0.15) is 6.10 Å². The minimum Gasteiger partial charge on any atom is -0.410 e. The van der Waals surface area contributed by atoms with Crippen LogP contribution in [0.15, 0.2) is 35.2 Å². The highest BCUT2D eigenvalue weighted by molar-refractivity contribution is 7.92. The van der Waals surface area contributed by atoms with E-state index in [0.717, 1.165) is 12.8 Å². The van der Waals surface area contributed by atoms with E-state index in [1.54, 1.807) is 24.3 Å². The molecule has 27 heavy (non-hydrogen) atoms. The minimum absolute atomic E-state index is 0.155. The van der Waals surface area contributed by atoms with Gasteiger partial charge in [0.15, 0.2) is 5.44 Å². The van der Waals surface area contributed by atoms with E-state index >= 15 is 0 Å². The van der Waals surface area contributed by atoms with Crippen LogP contribution in [0.1, 0.15) is 61.3 Å². The van der Waals surface area contributed by atoms with Crippen LogP contribution in [0, 0.1) is 0 Å². The Hall–Kier alpha value is -0.693. The lowest BCUT2D eigenvalue weighted by Gasteiger charge is -2.44. The molecule has 1 aliphatic heterocycles. The molecule has 1 aromatic carbocycles. The Kier molecular flexibility index (Phi) is 7.33. The van der Waals surface area contributed by atoms with Crippen molar-refractivity contribution in [3.05, 3.63) is 30.3 Å². The standard InChI is InChI=1S/C21H36O4SSi/c1-8-12-19(25-27(15(2)3,16(4)5)17(6)7)20-21(24-20)26(22,23)18-13-10-9-11-14-18/h9-11,13-17,19-21H,8,12H2,1-7H3/t19-,20-,21-/m0/s1. The van der Waals surface area contributed by atoms with E-state index in [1.165, 1.54) is 0 Å². The van der Waals surface area contributed by atoms with Gasteiger partial charge >= 0.3 is 0 Å². The first-order chi connectivity index (χ1) is 12.6. The zero-order chi connectivity index (χ0) is 20.4. The third-order valence-electron chi connectivity index (χ3n) is 5.86. The van der Waals surface area contributed by atoms with Crippen LogP contribution in [0.5, 0.6) is 0 Å². The zero-order valence-electron chi connectivity index (χ0n) is 17.8. The summed E-state index contributed by atoms with van der Waals surface area (Å²) in [7, 11) is -5.57. The number of sulfone groups is 1. The first-order valence-electron chi connectivity index (χ1n) is 10.2. The summed E-state index contributed by atoms with van der Waals surface area (Å²) in [5.41, 5.74) is 0.592. The van der Waals surface area contributed by atoms with Crippen LogP contribution in [0.3, 0.4) is 0 Å². The summed E-state index contributed by atoms with van der Waals surface area (Å²) in [6.07, 6.45) is 1.25. The Balaban J connectivity index is 2.26. The maximum atomic E-state index is 12.9. The Morgan fingerprint density at radius 3 is 1.96 bits per heavy atom. The number of hydrogen-bond acceptors (Lipinski definition) is 4. The molecule has 1 heterocycles. The van der Waals surface area contributed by atoms with E-state index < -0.39 is 23.6 Å². The molecular formula is C21H36O4SSi. The van der Waals surface area contributed by atoms with E-state index in [1.807, 2.05) is 6.07 Å². The van der Waals surface area contributed by atoms with E-state index in [0.29, 0.717) is 21.5 Å². The lowest BCUT2D eigenvalue weighted by molar-refractivity contribution is 0.128. The average Bonchev–Trinajstić information content (AvgIpc) is 3.39. The highest BCUT2D eigenvalue weighted by atomic mass is 32.2. The maximum Gasteiger partial charge on any atom is 0.207 e. The van der Waals surface area contributed by atoms with Gasteiger partial charge in [-0.3, -0.25) is 0 Å². The van der Waals surface area contributed by atoms with Crippen molar-refractivity contribution in [1.29, 1.82) is 0 Å². The number of epoxide rings is 1. The summed E-state index contributed by atoms with van der Waals surface area (Å²) in [4.78, 5) is 0.327. The highest BCUT2D eigenvalue weighted by Crippen LogP contribution is 2.46. The third-order valence-corrected chi connectivity index (χ3v) is 13.9. The quantitative estimate of drug-likeness (QED) is 0.374. The zero-order valence-corrected chi connectivity index (χ0v) is 19.6. The first kappa shape index (κ1) is 22.6. The summed E-state index contributed by atoms with van der Waals surface area (Å²) >= 11 is 0. The van der Waals surface area contributed by atoms with Crippen molar-refractivity contribution in [2.45, 2.75) is 100 Å². The molecule has 3 atom stereocenters. The van der Waals surface area contributed by atoms with Gasteiger partial charge in [-0.2, -0.15) is 0 Å². The van der Waals surface area contributed by atoms with Crippen LogP contribution in [-0.2, 0) is 19.0 Å². The van der Waals surface area contributed by atoms with Gasteiger partial charge in [0.05, 0.1) is 11.0 Å². The summed E-state index contributed by atoms with van der Waals surface area (Å²) in [6, 6.07) is 8.59. The summed E-state index contributed by atoms with van der Waals surface area (Å²) in [5, 5.41) is 0. The molecule has 0 radical (unpaired) electrons. The fourth-order valence-corrected chi connectivity index (χ4v) is 11.8. The Labute approximate surface area is 166 Å². The molecule has 0 aliphatic carbocycles. The normalized spacial score (nSPS) is 21.9. The molecule has 4 nitrogen and oxygen atoms in total. The molecule has 1 saturated heterocycles. The van der Waals surface area contributed by atoms with E-state index in [4.69, 9.17) is 9.16 Å². The van der Waals surface area contributed by atoms with Gasteiger partial charge in [-0.25, -0.2) is 8.42 Å². The SMILES string of the molecule is CCC[C@H](O[Si](C(C)C)(C(C)C)C(C)C)[C@@H]1O[C@H]1S(=O)(=O)c1ccccc1. The number of ether oxygens (including phenoxy) is 1. The van der Waals surface area contributed by atoms with Crippen LogP contribution >= 0.6 is 0 Å². The van der Waals surface area contributed by atoms with E-state index in [-0.39, 0.29) is 12.2 Å². The minimum atomic E-state index is -3.48. The molecule has 1 fully saturated rings. The lowest BCUT2D eigenvalue weighted by Crippen LogP contribution is -2.51. The molecule has 1 aliphatic rings. The van der Waals surface area contributed by atoms with Crippen molar-refractivity contribution in [1.82, 2.24) is 0 Å². The smallest absolute Gasteiger partial charge is 0.207 e. The predicted molar refractivity (Wildman–Crippen MR) is 113 cm³/mol. The number of benzene rings is 1. The van der Waals surface area contributed by atoms with Crippen molar-refractivity contribution in [3.8, 4) is 0 Å². The van der Waals surface area contributed by atoms with Crippen LogP contribution in [0.25, 0.3) is 0 Å². The molecule has 0 amide bonds. The molecule has 0 bridgehead atoms. The van der Waals surface area contributed by atoms with Crippen molar-refractivity contribution < 1.29 is 17.6 Å². The number of hydrogen-bond donors (Lipinski definition) is 0. The molecule has 1 aromatic rings. The molecule has 0 saturated carbocycles. The second kappa shape index (κ2) is 8.76. The van der Waals surface area contributed by atoms with Gasteiger partial charge in [-0.05, 0) is 35.2 Å². The fraction of sp³-hybridized carbons (Fsp3) is 0.714. The molecule has 0 N–H and O–H groups in total. The molecule has 6 heteroatoms. The Morgan fingerprint density at radius 2 is 1.52 bits per heavy atom. The lowest BCUT2D eigenvalue weighted by atomic mass is 10.1. The Bertz CT molecular complexity index is 678. The molecule has 0 spiro atoms. The van der Waals surface area contributed by atoms with Crippen LogP contribution in [-0.4, -0.2) is 34.4 Å². The van der Waals surface area contributed by atoms with Gasteiger partial charge in [-0.15, -0.1) is 0 Å². The van der Waals surface area contributed by atoms with Crippen molar-refractivity contribution in [2.24, 2.45) is 0 Å². The summed E-state index contributed by atoms with van der Waals surface area (Å²) in [5.74, 6) is 0. The van der Waals surface area contributed by atoms with Gasteiger partial charge in [0.2, 0.25) is 18.2 Å². The van der Waals surface area contributed by atoms with Gasteiger partial charge in [0.25, 0.3) is 0 Å².